The zero-order valence-corrected chi connectivity index (χ0v) is 13.0. The largest absolute Gasteiger partial charge is 0.397 e. The van der Waals surface area contributed by atoms with E-state index in [1.807, 2.05) is 26.0 Å². The Morgan fingerprint density at radius 1 is 1.57 bits per heavy atom. The van der Waals surface area contributed by atoms with Crippen LogP contribution in [0, 0.1) is 6.92 Å². The van der Waals surface area contributed by atoms with E-state index in [0.717, 1.165) is 35.4 Å². The molecule has 1 fully saturated rings. The van der Waals surface area contributed by atoms with Gasteiger partial charge in [-0.1, -0.05) is 0 Å². The average molecular weight is 305 g/mol. The van der Waals surface area contributed by atoms with Gasteiger partial charge in [-0.25, -0.2) is 4.98 Å². The van der Waals surface area contributed by atoms with Gasteiger partial charge in [-0.05, 0) is 38.8 Å². The molecule has 2 atom stereocenters. The zero-order chi connectivity index (χ0) is 15.0. The summed E-state index contributed by atoms with van der Waals surface area (Å²) in [7, 11) is 0. The molecule has 1 aliphatic rings. The molecule has 3 N–H and O–H groups in total. The number of pyridine rings is 1. The predicted molar refractivity (Wildman–Crippen MR) is 84.7 cm³/mol. The van der Waals surface area contributed by atoms with E-state index in [1.54, 1.807) is 0 Å². The van der Waals surface area contributed by atoms with Crippen LogP contribution in [0.4, 0.5) is 5.69 Å². The van der Waals surface area contributed by atoms with Crippen LogP contribution in [0.3, 0.4) is 0 Å². The number of amides is 1. The zero-order valence-electron chi connectivity index (χ0n) is 12.2. The molecule has 2 unspecified atom stereocenters. The van der Waals surface area contributed by atoms with E-state index in [9.17, 15) is 4.79 Å². The minimum absolute atomic E-state index is 0.0145. The lowest BCUT2D eigenvalue weighted by molar-refractivity contribution is 0.0715. The number of rotatable bonds is 3. The maximum atomic E-state index is 12.4. The first-order chi connectivity index (χ1) is 10.1. The molecule has 0 saturated carbocycles. The van der Waals surface area contributed by atoms with Gasteiger partial charge in [-0.15, -0.1) is 11.3 Å². The molecule has 2 aromatic heterocycles. The molecule has 21 heavy (non-hydrogen) atoms. The molecule has 1 saturated heterocycles. The highest BCUT2D eigenvalue weighted by molar-refractivity contribution is 7.21. The molecule has 0 radical (unpaired) electrons. The molecule has 112 valence electrons. The number of fused-ring (bicyclic) bond motifs is 1. The maximum absolute atomic E-state index is 12.4. The van der Waals surface area contributed by atoms with Crippen molar-refractivity contribution in [2.45, 2.75) is 38.8 Å². The Kier molecular flexibility index (Phi) is 3.82. The number of ether oxygens (including phenoxy) is 1. The molecule has 5 nitrogen and oxygen atoms in total. The molecule has 0 spiro atoms. The number of carbonyl (C=O) groups is 1. The first-order valence-corrected chi connectivity index (χ1v) is 7.96. The lowest BCUT2D eigenvalue weighted by Gasteiger charge is -2.19. The Hall–Kier alpha value is -1.66. The Morgan fingerprint density at radius 2 is 2.38 bits per heavy atom. The highest BCUT2D eigenvalue weighted by Gasteiger charge is 2.25. The standard InChI is InChI=1S/C15H19N3O2S/c1-8-5-6-10-12(16)13(21-15(10)17-8)14(19)18-9(2)11-4-3-7-20-11/h5-6,9,11H,3-4,7,16H2,1-2H3,(H,18,19). The van der Waals surface area contributed by atoms with Gasteiger partial charge in [0.05, 0.1) is 17.8 Å². The Labute approximate surface area is 127 Å². The van der Waals surface area contributed by atoms with Crippen LogP contribution in [0.15, 0.2) is 12.1 Å². The van der Waals surface area contributed by atoms with E-state index in [0.29, 0.717) is 10.6 Å². The van der Waals surface area contributed by atoms with Crippen LogP contribution in [0.25, 0.3) is 10.2 Å². The lowest BCUT2D eigenvalue weighted by atomic mass is 10.1. The van der Waals surface area contributed by atoms with E-state index in [2.05, 4.69) is 10.3 Å². The van der Waals surface area contributed by atoms with Gasteiger partial charge < -0.3 is 15.8 Å². The SMILES string of the molecule is Cc1ccc2c(N)c(C(=O)NC(C)C3CCCO3)sc2n1. The van der Waals surface area contributed by atoms with Crippen LogP contribution >= 0.6 is 11.3 Å². The second kappa shape index (κ2) is 5.61. The Morgan fingerprint density at radius 3 is 3.10 bits per heavy atom. The van der Waals surface area contributed by atoms with Gasteiger partial charge in [0, 0.05) is 17.7 Å². The second-order valence-corrected chi connectivity index (χ2v) is 6.46. The van der Waals surface area contributed by atoms with Gasteiger partial charge in [0.25, 0.3) is 5.91 Å². The molecule has 1 aliphatic heterocycles. The monoisotopic (exact) mass is 305 g/mol. The molecule has 3 heterocycles. The maximum Gasteiger partial charge on any atom is 0.263 e. The van der Waals surface area contributed by atoms with Gasteiger partial charge in [-0.3, -0.25) is 4.79 Å². The Balaban J connectivity index is 1.82. The van der Waals surface area contributed by atoms with E-state index in [4.69, 9.17) is 10.5 Å². The van der Waals surface area contributed by atoms with Crippen molar-refractivity contribution in [1.82, 2.24) is 10.3 Å². The number of hydrogen-bond donors (Lipinski definition) is 2. The number of nitrogens with two attached hydrogens (primary N) is 1. The van der Waals surface area contributed by atoms with Crippen LogP contribution < -0.4 is 11.1 Å². The highest BCUT2D eigenvalue weighted by atomic mass is 32.1. The smallest absolute Gasteiger partial charge is 0.263 e. The van der Waals surface area contributed by atoms with Crippen molar-refractivity contribution in [3.63, 3.8) is 0 Å². The molecule has 0 bridgehead atoms. The van der Waals surface area contributed by atoms with Crippen molar-refractivity contribution >= 4 is 33.1 Å². The highest BCUT2D eigenvalue weighted by Crippen LogP contribution is 2.32. The number of nitrogen functional groups attached to an aromatic ring is 1. The van der Waals surface area contributed by atoms with Crippen molar-refractivity contribution < 1.29 is 9.53 Å². The summed E-state index contributed by atoms with van der Waals surface area (Å²) in [6.07, 6.45) is 2.15. The van der Waals surface area contributed by atoms with E-state index < -0.39 is 0 Å². The third kappa shape index (κ3) is 2.73. The molecule has 0 aliphatic carbocycles. The summed E-state index contributed by atoms with van der Waals surface area (Å²) in [5, 5.41) is 3.84. The van der Waals surface area contributed by atoms with Crippen LogP contribution in [0.5, 0.6) is 0 Å². The number of anilines is 1. The van der Waals surface area contributed by atoms with Crippen LogP contribution in [0.2, 0.25) is 0 Å². The van der Waals surface area contributed by atoms with Gasteiger partial charge in [0.2, 0.25) is 0 Å². The van der Waals surface area contributed by atoms with Crippen molar-refractivity contribution in [3.05, 3.63) is 22.7 Å². The summed E-state index contributed by atoms with van der Waals surface area (Å²) < 4.78 is 5.60. The molecule has 1 amide bonds. The number of hydrogen-bond acceptors (Lipinski definition) is 5. The van der Waals surface area contributed by atoms with Crippen LogP contribution in [-0.2, 0) is 4.74 Å². The fourth-order valence-electron chi connectivity index (χ4n) is 2.62. The number of aryl methyl sites for hydroxylation is 1. The third-order valence-electron chi connectivity index (χ3n) is 3.82. The Bertz CT molecular complexity index is 677. The fourth-order valence-corrected chi connectivity index (χ4v) is 3.66. The average Bonchev–Trinajstić information content (AvgIpc) is 3.07. The summed E-state index contributed by atoms with van der Waals surface area (Å²) in [5.74, 6) is -0.142. The number of nitrogens with one attached hydrogen (secondary N) is 1. The topological polar surface area (TPSA) is 77.2 Å². The van der Waals surface area contributed by atoms with E-state index >= 15 is 0 Å². The van der Waals surface area contributed by atoms with Gasteiger partial charge in [-0.2, -0.15) is 0 Å². The van der Waals surface area contributed by atoms with Crippen molar-refractivity contribution in [1.29, 1.82) is 0 Å². The van der Waals surface area contributed by atoms with Crippen molar-refractivity contribution in [2.75, 3.05) is 12.3 Å². The van der Waals surface area contributed by atoms with E-state index in [-0.39, 0.29) is 18.1 Å². The first-order valence-electron chi connectivity index (χ1n) is 7.14. The van der Waals surface area contributed by atoms with Gasteiger partial charge >= 0.3 is 0 Å². The summed E-state index contributed by atoms with van der Waals surface area (Å²) in [4.78, 5) is 18.2. The normalized spacial score (nSPS) is 19.8. The minimum Gasteiger partial charge on any atom is -0.397 e. The minimum atomic E-state index is -0.142. The van der Waals surface area contributed by atoms with Crippen molar-refractivity contribution in [3.8, 4) is 0 Å². The molecule has 6 heteroatoms. The third-order valence-corrected chi connectivity index (χ3v) is 4.93. The van der Waals surface area contributed by atoms with Gasteiger partial charge in [0.15, 0.2) is 0 Å². The summed E-state index contributed by atoms with van der Waals surface area (Å²) in [6.45, 7) is 4.67. The van der Waals surface area contributed by atoms with Crippen molar-refractivity contribution in [2.24, 2.45) is 0 Å². The molecular weight excluding hydrogens is 286 g/mol. The second-order valence-electron chi connectivity index (χ2n) is 5.46. The fraction of sp³-hybridized carbons (Fsp3) is 0.467. The lowest BCUT2D eigenvalue weighted by Crippen LogP contribution is -2.40. The number of thiophene rings is 1. The summed E-state index contributed by atoms with van der Waals surface area (Å²) >= 11 is 1.34. The van der Waals surface area contributed by atoms with Gasteiger partial charge in [0.1, 0.15) is 9.71 Å². The first kappa shape index (κ1) is 14.3. The number of aromatic nitrogens is 1. The summed E-state index contributed by atoms with van der Waals surface area (Å²) in [6, 6.07) is 3.81. The molecule has 0 aromatic carbocycles. The molecule has 2 aromatic rings. The van der Waals surface area contributed by atoms with Crippen LogP contribution in [-0.4, -0.2) is 29.6 Å². The van der Waals surface area contributed by atoms with Crippen LogP contribution in [0.1, 0.15) is 35.1 Å². The predicted octanol–water partition coefficient (Wildman–Crippen LogP) is 2.48. The summed E-state index contributed by atoms with van der Waals surface area (Å²) in [5.41, 5.74) is 7.53. The number of carbonyl (C=O) groups excluding carboxylic acids is 1. The molecular formula is C15H19N3O2S. The number of nitrogens with zero attached hydrogens (tertiary/aromatic N) is 1. The molecule has 3 rings (SSSR count). The quantitative estimate of drug-likeness (QED) is 0.913. The van der Waals surface area contributed by atoms with E-state index in [1.165, 1.54) is 11.3 Å².